The third-order valence-electron chi connectivity index (χ3n) is 3.70. The molecule has 1 aromatic heterocycles. The van der Waals surface area contributed by atoms with Gasteiger partial charge in [-0.2, -0.15) is 5.10 Å². The molecule has 112 valence electrons. The number of ether oxygens (including phenoxy) is 2. The fourth-order valence-corrected chi connectivity index (χ4v) is 2.47. The lowest BCUT2D eigenvalue weighted by molar-refractivity contribution is -0.136. The van der Waals surface area contributed by atoms with Crippen LogP contribution in [0.2, 0.25) is 0 Å². The van der Waals surface area contributed by atoms with Crippen LogP contribution < -0.4 is 0 Å². The Labute approximate surface area is 119 Å². The van der Waals surface area contributed by atoms with E-state index in [2.05, 4.69) is 5.10 Å². The van der Waals surface area contributed by atoms with Crippen LogP contribution in [0.3, 0.4) is 0 Å². The van der Waals surface area contributed by atoms with Gasteiger partial charge < -0.3 is 14.4 Å². The van der Waals surface area contributed by atoms with Crippen molar-refractivity contribution >= 4 is 5.91 Å². The van der Waals surface area contributed by atoms with Crippen LogP contribution >= 0.6 is 0 Å². The zero-order valence-corrected chi connectivity index (χ0v) is 12.4. The Morgan fingerprint density at radius 2 is 2.45 bits per heavy atom. The average Bonchev–Trinajstić information content (AvgIpc) is 3.03. The van der Waals surface area contributed by atoms with Gasteiger partial charge in [-0.15, -0.1) is 0 Å². The first-order valence-electron chi connectivity index (χ1n) is 6.98. The molecule has 1 aliphatic rings. The number of aromatic nitrogens is 2. The number of methoxy groups -OCH3 is 1. The van der Waals surface area contributed by atoms with E-state index < -0.39 is 0 Å². The summed E-state index contributed by atoms with van der Waals surface area (Å²) in [6.45, 7) is 4.21. The Balaban J connectivity index is 2.02. The molecule has 2 rings (SSSR count). The van der Waals surface area contributed by atoms with Gasteiger partial charge >= 0.3 is 0 Å². The topological polar surface area (TPSA) is 56.6 Å². The Kier molecular flexibility index (Phi) is 5.14. The van der Waals surface area contributed by atoms with Crippen molar-refractivity contribution in [3.8, 4) is 0 Å². The van der Waals surface area contributed by atoms with Gasteiger partial charge in [0.25, 0.3) is 0 Å². The Hall–Kier alpha value is -1.40. The Morgan fingerprint density at radius 3 is 3.00 bits per heavy atom. The van der Waals surface area contributed by atoms with Crippen LogP contribution in [0.5, 0.6) is 0 Å². The Morgan fingerprint density at radius 1 is 1.65 bits per heavy atom. The van der Waals surface area contributed by atoms with Crippen LogP contribution in [0.25, 0.3) is 0 Å². The average molecular weight is 281 g/mol. The molecule has 2 heterocycles. The predicted molar refractivity (Wildman–Crippen MR) is 74.0 cm³/mol. The van der Waals surface area contributed by atoms with Crippen LogP contribution in [0.1, 0.15) is 19.0 Å². The molecule has 6 heteroatoms. The molecule has 0 radical (unpaired) electrons. The van der Waals surface area contributed by atoms with E-state index in [0.717, 1.165) is 12.1 Å². The molecular weight excluding hydrogens is 258 g/mol. The van der Waals surface area contributed by atoms with Crippen LogP contribution in [0, 0.1) is 5.92 Å². The van der Waals surface area contributed by atoms with Crippen LogP contribution in [-0.4, -0.2) is 53.6 Å². The van der Waals surface area contributed by atoms with Gasteiger partial charge in [0, 0.05) is 26.9 Å². The van der Waals surface area contributed by atoms with E-state index in [-0.39, 0.29) is 17.9 Å². The number of carbonyl (C=O) groups excluding carboxylic acids is 1. The fourth-order valence-electron chi connectivity index (χ4n) is 2.47. The van der Waals surface area contributed by atoms with Crippen molar-refractivity contribution in [1.29, 1.82) is 0 Å². The van der Waals surface area contributed by atoms with Crippen molar-refractivity contribution in [2.75, 3.05) is 26.9 Å². The second kappa shape index (κ2) is 6.85. The minimum absolute atomic E-state index is 0.0323. The number of hydrogen-bond acceptors (Lipinski definition) is 4. The maximum Gasteiger partial charge on any atom is 0.228 e. The van der Waals surface area contributed by atoms with E-state index in [1.54, 1.807) is 18.0 Å². The molecule has 1 amide bonds. The van der Waals surface area contributed by atoms with E-state index in [9.17, 15) is 4.79 Å². The third-order valence-corrected chi connectivity index (χ3v) is 3.70. The highest BCUT2D eigenvalue weighted by atomic mass is 16.5. The summed E-state index contributed by atoms with van der Waals surface area (Å²) in [5.41, 5.74) is 1.02. The number of aryl methyl sites for hydroxylation is 1. The molecule has 2 atom stereocenters. The zero-order chi connectivity index (χ0) is 14.5. The summed E-state index contributed by atoms with van der Waals surface area (Å²) in [6, 6.07) is 1.93. The minimum Gasteiger partial charge on any atom is -0.383 e. The normalized spacial score (nSPS) is 22.1. The van der Waals surface area contributed by atoms with Gasteiger partial charge in [0.15, 0.2) is 0 Å². The van der Waals surface area contributed by atoms with Crippen molar-refractivity contribution in [3.05, 3.63) is 18.0 Å². The molecule has 0 aromatic carbocycles. The van der Waals surface area contributed by atoms with Gasteiger partial charge in [0.1, 0.15) is 0 Å². The molecule has 0 spiro atoms. The number of amides is 1. The first kappa shape index (κ1) is 15.0. The monoisotopic (exact) mass is 281 g/mol. The molecule has 1 aromatic rings. The molecule has 1 saturated heterocycles. The van der Waals surface area contributed by atoms with Gasteiger partial charge in [0.2, 0.25) is 5.91 Å². The van der Waals surface area contributed by atoms with Crippen molar-refractivity contribution in [2.24, 2.45) is 13.0 Å². The summed E-state index contributed by atoms with van der Waals surface area (Å²) in [6.07, 6.45) is 2.72. The smallest absolute Gasteiger partial charge is 0.228 e. The summed E-state index contributed by atoms with van der Waals surface area (Å²) >= 11 is 0. The standard InChI is InChI=1S/C14H23N3O3/c1-11-8-12(10-20-11)14(18)17(6-7-19-3)9-13-4-5-15-16(13)2/h4-5,11-12H,6-10H2,1-3H3. The lowest BCUT2D eigenvalue weighted by Crippen LogP contribution is -2.38. The van der Waals surface area contributed by atoms with E-state index >= 15 is 0 Å². The highest BCUT2D eigenvalue weighted by Crippen LogP contribution is 2.22. The molecule has 0 N–H and O–H groups in total. The van der Waals surface area contributed by atoms with Gasteiger partial charge in [-0.25, -0.2) is 0 Å². The molecular formula is C14H23N3O3. The first-order chi connectivity index (χ1) is 9.61. The molecule has 1 fully saturated rings. The van der Waals surface area contributed by atoms with Crippen molar-refractivity contribution in [2.45, 2.75) is 26.0 Å². The van der Waals surface area contributed by atoms with Crippen LogP contribution in [0.15, 0.2) is 12.3 Å². The maximum atomic E-state index is 12.6. The van der Waals surface area contributed by atoms with Crippen LogP contribution in [0.4, 0.5) is 0 Å². The van der Waals surface area contributed by atoms with Crippen LogP contribution in [-0.2, 0) is 27.9 Å². The van der Waals surface area contributed by atoms with Gasteiger partial charge in [-0.1, -0.05) is 0 Å². The number of carbonyl (C=O) groups is 1. The van der Waals surface area contributed by atoms with E-state index in [1.807, 2.05) is 24.9 Å². The predicted octanol–water partition coefficient (Wildman–Crippen LogP) is 0.820. The lowest BCUT2D eigenvalue weighted by atomic mass is 10.0. The maximum absolute atomic E-state index is 12.6. The first-order valence-corrected chi connectivity index (χ1v) is 6.98. The molecule has 20 heavy (non-hydrogen) atoms. The van der Waals surface area contributed by atoms with Gasteiger partial charge in [0.05, 0.1) is 37.5 Å². The Bertz CT molecular complexity index is 447. The summed E-state index contributed by atoms with van der Waals surface area (Å²) in [4.78, 5) is 14.4. The molecule has 0 bridgehead atoms. The summed E-state index contributed by atoms with van der Waals surface area (Å²) in [7, 11) is 3.53. The van der Waals surface area contributed by atoms with E-state index in [1.165, 1.54) is 0 Å². The summed E-state index contributed by atoms with van der Waals surface area (Å²) in [5, 5.41) is 4.14. The lowest BCUT2D eigenvalue weighted by Gasteiger charge is -2.25. The summed E-state index contributed by atoms with van der Waals surface area (Å²) in [5.74, 6) is 0.114. The molecule has 0 aliphatic carbocycles. The minimum atomic E-state index is -0.0323. The quantitative estimate of drug-likeness (QED) is 0.774. The van der Waals surface area contributed by atoms with Gasteiger partial charge in [-0.3, -0.25) is 9.48 Å². The number of hydrogen-bond donors (Lipinski definition) is 0. The SMILES string of the molecule is COCCN(Cc1ccnn1C)C(=O)C1COC(C)C1. The number of nitrogens with zero attached hydrogens (tertiary/aromatic N) is 3. The van der Waals surface area contributed by atoms with Crippen molar-refractivity contribution in [3.63, 3.8) is 0 Å². The molecule has 0 saturated carbocycles. The highest BCUT2D eigenvalue weighted by Gasteiger charge is 2.31. The number of rotatable bonds is 6. The highest BCUT2D eigenvalue weighted by molar-refractivity contribution is 5.79. The molecule has 2 unspecified atom stereocenters. The molecule has 6 nitrogen and oxygen atoms in total. The van der Waals surface area contributed by atoms with E-state index in [4.69, 9.17) is 9.47 Å². The zero-order valence-electron chi connectivity index (χ0n) is 12.4. The second-order valence-electron chi connectivity index (χ2n) is 5.28. The third kappa shape index (κ3) is 3.58. The fraction of sp³-hybridized carbons (Fsp3) is 0.714. The van der Waals surface area contributed by atoms with Gasteiger partial charge in [-0.05, 0) is 19.4 Å². The molecule has 1 aliphatic heterocycles. The van der Waals surface area contributed by atoms with E-state index in [0.29, 0.717) is 26.3 Å². The largest absolute Gasteiger partial charge is 0.383 e. The summed E-state index contributed by atoms with van der Waals surface area (Å²) < 4.78 is 12.4. The van der Waals surface area contributed by atoms with Crippen molar-refractivity contribution in [1.82, 2.24) is 14.7 Å². The second-order valence-corrected chi connectivity index (χ2v) is 5.28. The van der Waals surface area contributed by atoms with Crippen molar-refractivity contribution < 1.29 is 14.3 Å².